The van der Waals surface area contributed by atoms with E-state index in [1.165, 1.54) is 23.9 Å². The quantitative estimate of drug-likeness (QED) is 0.766. The first-order valence-corrected chi connectivity index (χ1v) is 9.16. The smallest absolute Gasteiger partial charge is 0.271 e. The molecule has 0 aliphatic carbocycles. The Labute approximate surface area is 156 Å². The van der Waals surface area contributed by atoms with Crippen LogP contribution in [0.25, 0.3) is 16.9 Å². The summed E-state index contributed by atoms with van der Waals surface area (Å²) in [4.78, 5) is 23.8. The summed E-state index contributed by atoms with van der Waals surface area (Å²) in [5.41, 5.74) is 2.98. The summed E-state index contributed by atoms with van der Waals surface area (Å²) in [6, 6.07) is 8.68. The van der Waals surface area contributed by atoms with Crippen LogP contribution in [-0.2, 0) is 0 Å². The maximum Gasteiger partial charge on any atom is 0.271 e. The van der Waals surface area contributed by atoms with Crippen molar-refractivity contribution in [2.24, 2.45) is 0 Å². The molecule has 3 aromatic rings. The number of piperidine rings is 1. The molecule has 1 saturated heterocycles. The van der Waals surface area contributed by atoms with E-state index in [0.29, 0.717) is 10.7 Å². The number of nitrogens with one attached hydrogen (secondary N) is 1. The molecule has 6 nitrogen and oxygen atoms in total. The zero-order chi connectivity index (χ0) is 18.1. The summed E-state index contributed by atoms with van der Waals surface area (Å²) in [5, 5.41) is 3.77. The number of H-pyrrole nitrogens is 1. The molecule has 1 N–H and O–H groups in total. The molecule has 0 unspecified atom stereocenters. The Morgan fingerprint density at radius 3 is 2.54 bits per heavy atom. The number of aryl methyl sites for hydroxylation is 1. The first-order valence-electron chi connectivity index (χ1n) is 8.79. The van der Waals surface area contributed by atoms with Crippen molar-refractivity contribution in [2.75, 3.05) is 18.0 Å². The summed E-state index contributed by atoms with van der Waals surface area (Å²) in [7, 11) is 0. The average molecular weight is 370 g/mol. The van der Waals surface area contributed by atoms with E-state index in [4.69, 9.17) is 11.6 Å². The molecule has 3 heterocycles. The Morgan fingerprint density at radius 2 is 1.85 bits per heavy atom. The van der Waals surface area contributed by atoms with Gasteiger partial charge in [-0.25, -0.2) is 14.6 Å². The zero-order valence-corrected chi connectivity index (χ0v) is 15.3. The number of aromatic nitrogens is 4. The molecule has 0 radical (unpaired) electrons. The van der Waals surface area contributed by atoms with Gasteiger partial charge in [-0.1, -0.05) is 11.6 Å². The van der Waals surface area contributed by atoms with E-state index in [2.05, 4.69) is 20.0 Å². The summed E-state index contributed by atoms with van der Waals surface area (Å²) in [5.74, 6) is 0.769. The Hall–Kier alpha value is -2.60. The maximum atomic E-state index is 12.4. The lowest BCUT2D eigenvalue weighted by Gasteiger charge is -2.26. The number of hydrogen-bond acceptors (Lipinski definition) is 4. The summed E-state index contributed by atoms with van der Waals surface area (Å²) >= 11 is 5.92. The van der Waals surface area contributed by atoms with Gasteiger partial charge in [0, 0.05) is 35.9 Å². The molecular weight excluding hydrogens is 350 g/mol. The van der Waals surface area contributed by atoms with Crippen LogP contribution in [0.5, 0.6) is 0 Å². The Balaban J connectivity index is 1.66. The van der Waals surface area contributed by atoms with Gasteiger partial charge in [-0.2, -0.15) is 0 Å². The lowest BCUT2D eigenvalue weighted by atomic mass is 10.1. The number of halogens is 1. The van der Waals surface area contributed by atoms with Crippen LogP contribution in [0, 0.1) is 6.92 Å². The van der Waals surface area contributed by atoms with Crippen LogP contribution in [0.15, 0.2) is 41.3 Å². The van der Waals surface area contributed by atoms with Gasteiger partial charge in [-0.3, -0.25) is 9.89 Å². The van der Waals surface area contributed by atoms with Crippen molar-refractivity contribution in [2.45, 2.75) is 26.2 Å². The van der Waals surface area contributed by atoms with Gasteiger partial charge in [0.25, 0.3) is 5.56 Å². The molecule has 1 aromatic carbocycles. The highest BCUT2D eigenvalue weighted by molar-refractivity contribution is 6.30. The minimum absolute atomic E-state index is 0.137. The Kier molecular flexibility index (Phi) is 4.51. The molecule has 1 aliphatic rings. The van der Waals surface area contributed by atoms with Crippen LogP contribution in [-0.4, -0.2) is 32.8 Å². The fourth-order valence-corrected chi connectivity index (χ4v) is 3.41. The lowest BCUT2D eigenvalue weighted by Crippen LogP contribution is -2.31. The van der Waals surface area contributed by atoms with Gasteiger partial charge in [0.2, 0.25) is 5.95 Å². The summed E-state index contributed by atoms with van der Waals surface area (Å²) in [6.07, 6.45) is 5.43. The predicted octanol–water partition coefficient (Wildman–Crippen LogP) is 3.57. The Morgan fingerprint density at radius 1 is 1.12 bits per heavy atom. The van der Waals surface area contributed by atoms with Crippen molar-refractivity contribution in [3.8, 4) is 16.9 Å². The average Bonchev–Trinajstić information content (AvgIpc) is 3.04. The molecule has 7 heteroatoms. The molecule has 0 atom stereocenters. The van der Waals surface area contributed by atoms with Crippen molar-refractivity contribution >= 4 is 17.5 Å². The molecule has 2 aromatic heterocycles. The van der Waals surface area contributed by atoms with Crippen molar-refractivity contribution in [1.82, 2.24) is 19.7 Å². The first-order chi connectivity index (χ1) is 12.6. The number of rotatable bonds is 3. The number of benzene rings is 1. The van der Waals surface area contributed by atoms with E-state index in [0.717, 1.165) is 36.0 Å². The topological polar surface area (TPSA) is 66.8 Å². The van der Waals surface area contributed by atoms with Gasteiger partial charge >= 0.3 is 0 Å². The number of nitrogens with zero attached hydrogens (tertiary/aromatic N) is 4. The van der Waals surface area contributed by atoms with E-state index in [9.17, 15) is 4.79 Å². The molecular formula is C19H20ClN5O. The standard InChI is InChI=1S/C19H20ClN5O/c1-13-16(12-21-19(22-13)24-9-3-2-4-10-24)17-11-18(26)25(23-17)15-7-5-14(20)6-8-15/h5-8,11-12,23H,2-4,9-10H2,1H3. The second-order valence-electron chi connectivity index (χ2n) is 6.54. The van der Waals surface area contributed by atoms with Crippen LogP contribution >= 0.6 is 11.6 Å². The van der Waals surface area contributed by atoms with Gasteiger partial charge in [0.1, 0.15) is 0 Å². The summed E-state index contributed by atoms with van der Waals surface area (Å²) in [6.45, 7) is 3.95. The van der Waals surface area contributed by atoms with Crippen LogP contribution in [0.2, 0.25) is 5.02 Å². The van der Waals surface area contributed by atoms with Gasteiger partial charge < -0.3 is 4.90 Å². The minimum atomic E-state index is -0.137. The zero-order valence-electron chi connectivity index (χ0n) is 14.6. The van der Waals surface area contributed by atoms with Gasteiger partial charge in [-0.05, 0) is 50.5 Å². The molecule has 0 amide bonds. The molecule has 0 bridgehead atoms. The van der Waals surface area contributed by atoms with E-state index in [-0.39, 0.29) is 5.56 Å². The predicted molar refractivity (Wildman–Crippen MR) is 103 cm³/mol. The molecule has 134 valence electrons. The van der Waals surface area contributed by atoms with E-state index in [1.54, 1.807) is 36.5 Å². The molecule has 4 rings (SSSR count). The monoisotopic (exact) mass is 369 g/mol. The largest absolute Gasteiger partial charge is 0.341 e. The minimum Gasteiger partial charge on any atom is -0.341 e. The fourth-order valence-electron chi connectivity index (χ4n) is 3.28. The molecule has 0 saturated carbocycles. The second-order valence-corrected chi connectivity index (χ2v) is 6.97. The normalized spacial score (nSPS) is 14.6. The number of anilines is 1. The second kappa shape index (κ2) is 6.96. The van der Waals surface area contributed by atoms with Crippen LogP contribution < -0.4 is 10.5 Å². The van der Waals surface area contributed by atoms with Crippen LogP contribution in [0.3, 0.4) is 0 Å². The third kappa shape index (κ3) is 3.24. The van der Waals surface area contributed by atoms with Gasteiger partial charge in [0.15, 0.2) is 0 Å². The molecule has 1 fully saturated rings. The third-order valence-electron chi connectivity index (χ3n) is 4.70. The highest BCUT2D eigenvalue weighted by Crippen LogP contribution is 2.23. The van der Waals surface area contributed by atoms with Crippen molar-refractivity contribution in [3.63, 3.8) is 0 Å². The fraction of sp³-hybridized carbons (Fsp3) is 0.316. The lowest BCUT2D eigenvalue weighted by molar-refractivity contribution is 0.568. The molecule has 26 heavy (non-hydrogen) atoms. The maximum absolute atomic E-state index is 12.4. The van der Waals surface area contributed by atoms with Crippen molar-refractivity contribution in [1.29, 1.82) is 0 Å². The number of aromatic amines is 1. The molecule has 1 aliphatic heterocycles. The van der Waals surface area contributed by atoms with E-state index < -0.39 is 0 Å². The molecule has 0 spiro atoms. The van der Waals surface area contributed by atoms with Crippen LogP contribution in [0.4, 0.5) is 5.95 Å². The van der Waals surface area contributed by atoms with Crippen molar-refractivity contribution < 1.29 is 0 Å². The van der Waals surface area contributed by atoms with Gasteiger partial charge in [0.05, 0.1) is 17.1 Å². The third-order valence-corrected chi connectivity index (χ3v) is 4.95. The van der Waals surface area contributed by atoms with E-state index >= 15 is 0 Å². The van der Waals surface area contributed by atoms with E-state index in [1.807, 2.05) is 6.92 Å². The SMILES string of the molecule is Cc1nc(N2CCCCC2)ncc1-c1cc(=O)n(-c2ccc(Cl)cc2)[nH]1. The highest BCUT2D eigenvalue weighted by atomic mass is 35.5. The first kappa shape index (κ1) is 16.8. The van der Waals surface area contributed by atoms with Gasteiger partial charge in [-0.15, -0.1) is 0 Å². The van der Waals surface area contributed by atoms with Crippen molar-refractivity contribution in [3.05, 3.63) is 57.6 Å². The highest BCUT2D eigenvalue weighted by Gasteiger charge is 2.16. The summed E-state index contributed by atoms with van der Waals surface area (Å²) < 4.78 is 1.49. The Bertz CT molecular complexity index is 970. The number of hydrogen-bond donors (Lipinski definition) is 1. The van der Waals surface area contributed by atoms with Crippen LogP contribution in [0.1, 0.15) is 25.0 Å².